The van der Waals surface area contributed by atoms with Crippen LogP contribution in [0, 0.1) is 0 Å². The molecule has 0 aromatic heterocycles. The normalized spacial score (nSPS) is 19.6. The maximum atomic E-state index is 12.7. The summed E-state index contributed by atoms with van der Waals surface area (Å²) in [5.41, 5.74) is 0.925. The van der Waals surface area contributed by atoms with Gasteiger partial charge in [-0.25, -0.2) is 0 Å². The molecule has 1 aromatic carbocycles. The fourth-order valence-electron chi connectivity index (χ4n) is 4.56. The van der Waals surface area contributed by atoms with Crippen molar-refractivity contribution in [3.05, 3.63) is 23.8 Å². The van der Waals surface area contributed by atoms with E-state index in [4.69, 9.17) is 31.3 Å². The fourth-order valence-corrected chi connectivity index (χ4v) is 4.85. The lowest BCUT2D eigenvalue weighted by molar-refractivity contribution is -0.115. The molecule has 1 spiro atoms. The molecule has 0 bridgehead atoms. The summed E-state index contributed by atoms with van der Waals surface area (Å²) in [5, 5.41) is 11.2. The number of nitrogens with zero attached hydrogens (tertiary/aromatic N) is 3. The second kappa shape index (κ2) is 11.9. The number of morpholine rings is 1. The highest BCUT2D eigenvalue weighted by Gasteiger charge is 2.44. The van der Waals surface area contributed by atoms with Crippen LogP contribution in [0.2, 0.25) is 0 Å². The molecular formula is C24H35N5O5S. The summed E-state index contributed by atoms with van der Waals surface area (Å²) in [6, 6.07) is 5.56. The van der Waals surface area contributed by atoms with Gasteiger partial charge < -0.3 is 34.6 Å². The molecule has 1 aromatic rings. The van der Waals surface area contributed by atoms with Crippen LogP contribution >= 0.6 is 12.2 Å². The Morgan fingerprint density at radius 1 is 1.11 bits per heavy atom. The van der Waals surface area contributed by atoms with E-state index < -0.39 is 5.60 Å². The smallest absolute Gasteiger partial charge is 0.269 e. The highest BCUT2D eigenvalue weighted by Crippen LogP contribution is 2.35. The van der Waals surface area contributed by atoms with Crippen molar-refractivity contribution >= 4 is 28.9 Å². The van der Waals surface area contributed by atoms with Gasteiger partial charge in [0.2, 0.25) is 0 Å². The third-order valence-electron chi connectivity index (χ3n) is 6.77. The van der Waals surface area contributed by atoms with Gasteiger partial charge in [0.15, 0.2) is 16.6 Å². The summed E-state index contributed by atoms with van der Waals surface area (Å²) in [6.45, 7) is 7.26. The monoisotopic (exact) mass is 505 g/mol. The minimum atomic E-state index is -0.421. The van der Waals surface area contributed by atoms with Gasteiger partial charge in [0.25, 0.3) is 5.91 Å². The molecule has 0 aliphatic carbocycles. The number of rotatable bonds is 8. The number of hydrogen-bond donors (Lipinski definition) is 2. The number of hydrogen-bond acceptors (Lipinski definition) is 8. The van der Waals surface area contributed by atoms with E-state index >= 15 is 0 Å². The molecule has 1 amide bonds. The zero-order valence-electron chi connectivity index (χ0n) is 20.5. The number of ether oxygens (including phenoxy) is 3. The summed E-state index contributed by atoms with van der Waals surface area (Å²) in [6.07, 6.45) is 2.05. The Bertz CT molecular complexity index is 929. The number of nitrogens with one attached hydrogen (secondary N) is 2. The van der Waals surface area contributed by atoms with Crippen molar-refractivity contribution < 1.29 is 23.8 Å². The van der Waals surface area contributed by atoms with Crippen molar-refractivity contribution in [3.63, 3.8) is 0 Å². The maximum absolute atomic E-state index is 12.7. The third-order valence-corrected chi connectivity index (χ3v) is 7.17. The maximum Gasteiger partial charge on any atom is 0.269 e. The number of oxime groups is 1. The van der Waals surface area contributed by atoms with E-state index in [-0.39, 0.29) is 5.91 Å². The minimum absolute atomic E-state index is 0.209. The zero-order chi connectivity index (χ0) is 24.7. The average Bonchev–Trinajstić information content (AvgIpc) is 3.31. The number of methoxy groups -OCH3 is 2. The summed E-state index contributed by atoms with van der Waals surface area (Å²) < 4.78 is 16.0. The van der Waals surface area contributed by atoms with Gasteiger partial charge >= 0.3 is 0 Å². The van der Waals surface area contributed by atoms with E-state index in [2.05, 4.69) is 25.6 Å². The second-order valence-corrected chi connectivity index (χ2v) is 9.42. The van der Waals surface area contributed by atoms with E-state index in [1.54, 1.807) is 14.2 Å². The summed E-state index contributed by atoms with van der Waals surface area (Å²) in [7, 11) is 3.18. The molecule has 0 unspecified atom stereocenters. The Balaban J connectivity index is 1.18. The summed E-state index contributed by atoms with van der Waals surface area (Å²) in [5.74, 6) is 1.07. The van der Waals surface area contributed by atoms with Crippen molar-refractivity contribution in [1.29, 1.82) is 0 Å². The lowest BCUT2D eigenvalue weighted by atomic mass is 9.87. The van der Waals surface area contributed by atoms with Crippen LogP contribution in [0.5, 0.6) is 11.5 Å². The first kappa shape index (κ1) is 25.5. The molecule has 2 N–H and O–H groups in total. The van der Waals surface area contributed by atoms with Gasteiger partial charge in [-0.1, -0.05) is 11.2 Å². The highest BCUT2D eigenvalue weighted by molar-refractivity contribution is 7.80. The minimum Gasteiger partial charge on any atom is -0.493 e. The van der Waals surface area contributed by atoms with Crippen LogP contribution in [-0.2, 0) is 20.9 Å². The molecule has 0 radical (unpaired) electrons. The molecule has 2 saturated heterocycles. The molecule has 2 fully saturated rings. The Morgan fingerprint density at radius 3 is 2.57 bits per heavy atom. The van der Waals surface area contributed by atoms with E-state index in [0.717, 1.165) is 76.0 Å². The van der Waals surface area contributed by atoms with Crippen molar-refractivity contribution in [2.45, 2.75) is 31.4 Å². The quantitative estimate of drug-likeness (QED) is 0.504. The third kappa shape index (κ3) is 6.53. The first-order chi connectivity index (χ1) is 17.0. The number of carbonyl (C=O) groups is 1. The van der Waals surface area contributed by atoms with E-state index in [1.807, 2.05) is 18.2 Å². The lowest BCUT2D eigenvalue weighted by Crippen LogP contribution is -2.51. The van der Waals surface area contributed by atoms with Crippen LogP contribution in [0.15, 0.2) is 23.4 Å². The number of thiocarbonyl (C=S) groups is 1. The van der Waals surface area contributed by atoms with Crippen molar-refractivity contribution in [1.82, 2.24) is 20.4 Å². The van der Waals surface area contributed by atoms with Crippen LogP contribution in [0.4, 0.5) is 0 Å². The van der Waals surface area contributed by atoms with E-state index in [9.17, 15) is 4.79 Å². The Kier molecular flexibility index (Phi) is 8.64. The molecule has 3 aliphatic rings. The molecular weight excluding hydrogens is 470 g/mol. The number of carbonyl (C=O) groups excluding carboxylic acids is 1. The van der Waals surface area contributed by atoms with Crippen LogP contribution < -0.4 is 20.1 Å². The van der Waals surface area contributed by atoms with E-state index in [1.165, 1.54) is 0 Å². The van der Waals surface area contributed by atoms with Crippen LogP contribution in [0.3, 0.4) is 0 Å². The largest absolute Gasteiger partial charge is 0.493 e. The molecule has 11 heteroatoms. The predicted octanol–water partition coefficient (Wildman–Crippen LogP) is 1.14. The topological polar surface area (TPSA) is 96.9 Å². The summed E-state index contributed by atoms with van der Waals surface area (Å²) in [4.78, 5) is 23.1. The van der Waals surface area contributed by atoms with Gasteiger partial charge in [-0.05, 0) is 29.9 Å². The molecule has 35 heavy (non-hydrogen) atoms. The van der Waals surface area contributed by atoms with E-state index in [0.29, 0.717) is 30.2 Å². The van der Waals surface area contributed by atoms with Gasteiger partial charge in [0.1, 0.15) is 11.3 Å². The first-order valence-corrected chi connectivity index (χ1v) is 12.5. The number of benzene rings is 1. The van der Waals surface area contributed by atoms with Crippen molar-refractivity contribution in [2.75, 3.05) is 66.7 Å². The molecule has 4 rings (SSSR count). The Hall–Kier alpha value is -2.63. The molecule has 3 heterocycles. The van der Waals surface area contributed by atoms with Gasteiger partial charge in [0, 0.05) is 65.1 Å². The number of amides is 1. The Morgan fingerprint density at radius 2 is 1.86 bits per heavy atom. The number of likely N-dealkylation sites (tertiary alicyclic amines) is 1. The van der Waals surface area contributed by atoms with Gasteiger partial charge in [0.05, 0.1) is 27.4 Å². The standard InChI is InChI=1S/C24H35N5O5S/c1-31-20-4-3-18(15-21(20)32-2)17-26-22(30)19-16-24(34-27-19)5-8-29(9-6-24)23(35)25-7-10-28-11-13-33-14-12-28/h3-4,15H,5-14,16-17H2,1-2H3,(H,25,35)(H,26,30). The number of piperidine rings is 1. The Labute approximate surface area is 211 Å². The van der Waals surface area contributed by atoms with Gasteiger partial charge in [-0.2, -0.15) is 0 Å². The highest BCUT2D eigenvalue weighted by atomic mass is 32.1. The predicted molar refractivity (Wildman–Crippen MR) is 136 cm³/mol. The van der Waals surface area contributed by atoms with Crippen molar-refractivity contribution in [2.24, 2.45) is 5.16 Å². The van der Waals surface area contributed by atoms with Crippen LogP contribution in [0.25, 0.3) is 0 Å². The molecule has 0 saturated carbocycles. The fraction of sp³-hybridized carbons (Fsp3) is 0.625. The molecule has 192 valence electrons. The molecule has 3 aliphatic heterocycles. The van der Waals surface area contributed by atoms with Crippen LogP contribution in [-0.4, -0.2) is 98.8 Å². The second-order valence-electron chi connectivity index (χ2n) is 9.03. The lowest BCUT2D eigenvalue weighted by Gasteiger charge is -2.38. The molecule has 10 nitrogen and oxygen atoms in total. The summed E-state index contributed by atoms with van der Waals surface area (Å²) >= 11 is 5.60. The molecule has 0 atom stereocenters. The van der Waals surface area contributed by atoms with Gasteiger partial charge in [-0.3, -0.25) is 9.69 Å². The van der Waals surface area contributed by atoms with Gasteiger partial charge in [-0.15, -0.1) is 0 Å². The van der Waals surface area contributed by atoms with Crippen molar-refractivity contribution in [3.8, 4) is 11.5 Å². The zero-order valence-corrected chi connectivity index (χ0v) is 21.3. The average molecular weight is 506 g/mol. The van der Waals surface area contributed by atoms with Crippen LogP contribution in [0.1, 0.15) is 24.8 Å². The first-order valence-electron chi connectivity index (χ1n) is 12.1. The SMILES string of the molecule is COc1ccc(CNC(=O)C2=NOC3(CCN(C(=S)NCCN4CCOCC4)CC3)C2)cc1OC.